The maximum Gasteiger partial charge on any atom is 0.122 e. The van der Waals surface area contributed by atoms with Gasteiger partial charge < -0.3 is 11.2 Å². The Morgan fingerprint density at radius 2 is 2.33 bits per heavy atom. The maximum absolute atomic E-state index is 5.53. The summed E-state index contributed by atoms with van der Waals surface area (Å²) in [4.78, 5) is 0. The van der Waals surface area contributed by atoms with Crippen LogP contribution in [0.1, 0.15) is 20.3 Å². The van der Waals surface area contributed by atoms with Gasteiger partial charge in [0, 0.05) is 13.0 Å². The van der Waals surface area contributed by atoms with Crippen LogP contribution in [0.15, 0.2) is 5.10 Å². The number of nitrogens with zero attached hydrogens (tertiary/aromatic N) is 1. The highest BCUT2D eigenvalue weighted by Gasteiger charge is 2.01. The molecule has 0 rings (SSSR count). The molecule has 0 heterocycles. The van der Waals surface area contributed by atoms with E-state index in [-0.39, 0.29) is 0 Å². The van der Waals surface area contributed by atoms with Crippen LogP contribution in [0.2, 0.25) is 0 Å². The summed E-state index contributed by atoms with van der Waals surface area (Å²) in [7, 11) is 1.75. The van der Waals surface area contributed by atoms with E-state index in [0.29, 0.717) is 11.8 Å². The van der Waals surface area contributed by atoms with Gasteiger partial charge in [-0.1, -0.05) is 13.8 Å². The van der Waals surface area contributed by atoms with Crippen molar-refractivity contribution in [3.63, 3.8) is 0 Å². The van der Waals surface area contributed by atoms with Gasteiger partial charge in [-0.05, 0) is 6.42 Å². The van der Waals surface area contributed by atoms with Gasteiger partial charge in [-0.2, -0.15) is 5.10 Å². The van der Waals surface area contributed by atoms with E-state index in [2.05, 4.69) is 24.4 Å². The molecule has 0 spiro atoms. The molecule has 0 aromatic carbocycles. The van der Waals surface area contributed by atoms with Crippen LogP contribution in [0.4, 0.5) is 0 Å². The molecule has 3 N–H and O–H groups in total. The molecular formula is C6H15N3. The molecule has 0 aliphatic rings. The average Bonchev–Trinajstić information content (AvgIpc) is 1.87. The lowest BCUT2D eigenvalue weighted by atomic mass is 10.1. The van der Waals surface area contributed by atoms with Crippen molar-refractivity contribution >= 4 is 5.84 Å². The molecule has 54 valence electrons. The molecule has 0 fully saturated rings. The molecule has 0 amide bonds. The molecule has 9 heavy (non-hydrogen) atoms. The summed E-state index contributed by atoms with van der Waals surface area (Å²) in [5.41, 5.74) is 8.17. The topological polar surface area (TPSA) is 50.4 Å². The number of nitrogens with one attached hydrogen (secondary N) is 1. The van der Waals surface area contributed by atoms with E-state index >= 15 is 0 Å². The second-order valence-electron chi connectivity index (χ2n) is 2.07. The lowest BCUT2D eigenvalue weighted by molar-refractivity contribution is 0.716. The zero-order valence-corrected chi connectivity index (χ0v) is 6.31. The van der Waals surface area contributed by atoms with Crippen molar-refractivity contribution in [2.24, 2.45) is 16.8 Å². The summed E-state index contributed by atoms with van der Waals surface area (Å²) in [6.07, 6.45) is 1.04. The fourth-order valence-electron chi connectivity index (χ4n) is 0.448. The van der Waals surface area contributed by atoms with E-state index in [9.17, 15) is 0 Å². The maximum atomic E-state index is 5.53. The SMILES string of the molecule is CCC(C)C(N)=NNC. The summed E-state index contributed by atoms with van der Waals surface area (Å²) in [6, 6.07) is 0. The first-order valence-electron chi connectivity index (χ1n) is 3.22. The van der Waals surface area contributed by atoms with Crippen molar-refractivity contribution in [1.82, 2.24) is 5.43 Å². The van der Waals surface area contributed by atoms with Gasteiger partial charge >= 0.3 is 0 Å². The van der Waals surface area contributed by atoms with Crippen LogP contribution in [0.3, 0.4) is 0 Å². The molecule has 3 nitrogen and oxygen atoms in total. The minimum Gasteiger partial charge on any atom is -0.386 e. The van der Waals surface area contributed by atoms with E-state index in [0.717, 1.165) is 6.42 Å². The van der Waals surface area contributed by atoms with Gasteiger partial charge in [0.1, 0.15) is 5.84 Å². The molecule has 0 aliphatic carbocycles. The third-order valence-electron chi connectivity index (χ3n) is 1.36. The number of hydrogen-bond acceptors (Lipinski definition) is 2. The summed E-state index contributed by atoms with van der Waals surface area (Å²) < 4.78 is 0. The molecule has 0 saturated heterocycles. The Morgan fingerprint density at radius 3 is 2.67 bits per heavy atom. The average molecular weight is 129 g/mol. The first-order chi connectivity index (χ1) is 4.22. The van der Waals surface area contributed by atoms with Crippen molar-refractivity contribution < 1.29 is 0 Å². The normalized spacial score (nSPS) is 15.2. The molecule has 3 heteroatoms. The number of hydrazone groups is 1. The molecule has 0 saturated carbocycles. The van der Waals surface area contributed by atoms with Crippen molar-refractivity contribution in [3.8, 4) is 0 Å². The van der Waals surface area contributed by atoms with E-state index in [4.69, 9.17) is 5.73 Å². The number of amidine groups is 1. The third-order valence-corrected chi connectivity index (χ3v) is 1.36. The number of rotatable bonds is 3. The van der Waals surface area contributed by atoms with Crippen molar-refractivity contribution in [3.05, 3.63) is 0 Å². The summed E-state index contributed by atoms with van der Waals surface area (Å²) in [5.74, 6) is 1.07. The Hall–Kier alpha value is -0.730. The fraction of sp³-hybridized carbons (Fsp3) is 0.833. The summed E-state index contributed by atoms with van der Waals surface area (Å²) in [5, 5.41) is 3.84. The van der Waals surface area contributed by atoms with Crippen LogP contribution in [0.5, 0.6) is 0 Å². The second-order valence-corrected chi connectivity index (χ2v) is 2.07. The zero-order chi connectivity index (χ0) is 7.28. The molecule has 1 atom stereocenters. The first kappa shape index (κ1) is 8.27. The van der Waals surface area contributed by atoms with Gasteiger partial charge in [-0.15, -0.1) is 0 Å². The highest BCUT2D eigenvalue weighted by molar-refractivity contribution is 5.82. The smallest absolute Gasteiger partial charge is 0.122 e. The Bertz CT molecular complexity index is 98.5. The van der Waals surface area contributed by atoms with Crippen molar-refractivity contribution in [2.45, 2.75) is 20.3 Å². The summed E-state index contributed by atoms with van der Waals surface area (Å²) in [6.45, 7) is 4.14. The van der Waals surface area contributed by atoms with Crippen LogP contribution in [0, 0.1) is 5.92 Å². The predicted molar refractivity (Wildman–Crippen MR) is 40.1 cm³/mol. The van der Waals surface area contributed by atoms with Gasteiger partial charge in [0.05, 0.1) is 0 Å². The van der Waals surface area contributed by atoms with Crippen molar-refractivity contribution in [2.75, 3.05) is 7.05 Å². The Balaban J connectivity index is 3.70. The van der Waals surface area contributed by atoms with Gasteiger partial charge in [-0.3, -0.25) is 0 Å². The Kier molecular flexibility index (Phi) is 3.84. The van der Waals surface area contributed by atoms with E-state index in [1.165, 1.54) is 0 Å². The highest BCUT2D eigenvalue weighted by atomic mass is 15.3. The number of nitrogens with two attached hydrogens (primary N) is 1. The monoisotopic (exact) mass is 129 g/mol. The molecule has 0 radical (unpaired) electrons. The molecule has 0 aromatic heterocycles. The van der Waals surface area contributed by atoms with Gasteiger partial charge in [0.2, 0.25) is 0 Å². The largest absolute Gasteiger partial charge is 0.386 e. The van der Waals surface area contributed by atoms with Crippen LogP contribution in [-0.2, 0) is 0 Å². The second kappa shape index (κ2) is 4.18. The van der Waals surface area contributed by atoms with Crippen LogP contribution >= 0.6 is 0 Å². The fourth-order valence-corrected chi connectivity index (χ4v) is 0.448. The van der Waals surface area contributed by atoms with Crippen LogP contribution in [-0.4, -0.2) is 12.9 Å². The molecule has 1 unspecified atom stereocenters. The Morgan fingerprint density at radius 1 is 1.78 bits per heavy atom. The molecular weight excluding hydrogens is 114 g/mol. The summed E-state index contributed by atoms with van der Waals surface area (Å²) >= 11 is 0. The van der Waals surface area contributed by atoms with E-state index in [1.54, 1.807) is 7.05 Å². The molecule has 0 aromatic rings. The lowest BCUT2D eigenvalue weighted by Gasteiger charge is -2.05. The van der Waals surface area contributed by atoms with Crippen LogP contribution < -0.4 is 11.2 Å². The highest BCUT2D eigenvalue weighted by Crippen LogP contribution is 1.98. The van der Waals surface area contributed by atoms with E-state index < -0.39 is 0 Å². The van der Waals surface area contributed by atoms with Crippen LogP contribution in [0.25, 0.3) is 0 Å². The minimum atomic E-state index is 0.387. The number of hydrogen-bond donors (Lipinski definition) is 2. The molecule has 0 aliphatic heterocycles. The van der Waals surface area contributed by atoms with Gasteiger partial charge in [-0.25, -0.2) is 0 Å². The minimum absolute atomic E-state index is 0.387. The lowest BCUT2D eigenvalue weighted by Crippen LogP contribution is -2.23. The Labute approximate surface area is 56.3 Å². The predicted octanol–water partition coefficient (Wildman–Crippen LogP) is 0.524. The van der Waals surface area contributed by atoms with E-state index in [1.807, 2.05) is 0 Å². The standard InChI is InChI=1S/C6H15N3/c1-4-5(2)6(7)9-8-3/h5,8H,4H2,1-3H3,(H2,7,9). The van der Waals surface area contributed by atoms with Crippen molar-refractivity contribution in [1.29, 1.82) is 0 Å². The molecule has 0 bridgehead atoms. The van der Waals surface area contributed by atoms with Gasteiger partial charge in [0.25, 0.3) is 0 Å². The quantitative estimate of drug-likeness (QED) is 0.331. The zero-order valence-electron chi connectivity index (χ0n) is 6.31. The first-order valence-corrected chi connectivity index (χ1v) is 3.22. The van der Waals surface area contributed by atoms with Gasteiger partial charge in [0.15, 0.2) is 0 Å². The third kappa shape index (κ3) is 2.95.